The summed E-state index contributed by atoms with van der Waals surface area (Å²) in [7, 11) is 0. The summed E-state index contributed by atoms with van der Waals surface area (Å²) in [5.74, 6) is -1.05. The Morgan fingerprint density at radius 2 is 1.85 bits per heavy atom. The van der Waals surface area contributed by atoms with Crippen molar-refractivity contribution in [2.24, 2.45) is 0 Å². The van der Waals surface area contributed by atoms with Crippen molar-refractivity contribution < 1.29 is 27.2 Å². The van der Waals surface area contributed by atoms with E-state index in [0.29, 0.717) is 47.9 Å². The van der Waals surface area contributed by atoms with Gasteiger partial charge in [-0.05, 0) is 55.9 Å². The Kier molecular flexibility index (Phi) is 8.75. The summed E-state index contributed by atoms with van der Waals surface area (Å²) in [6.07, 6.45) is -1.30. The molecule has 2 aromatic heterocycles. The molecule has 39 heavy (non-hydrogen) atoms. The number of aromatic nitrogens is 3. The SMILES string of the molecule is Cc1ccc(NC(=O)c2c(C)nsc2Nc2cnc(C(=O)NC3CCN(CCC(F)(F)F)CC3)cn2)cc1F. The van der Waals surface area contributed by atoms with Gasteiger partial charge in [0.25, 0.3) is 11.8 Å². The number of rotatable bonds is 8. The lowest BCUT2D eigenvalue weighted by molar-refractivity contribution is -0.138. The van der Waals surface area contributed by atoms with Crippen molar-refractivity contribution in [1.29, 1.82) is 0 Å². The first kappa shape index (κ1) is 28.4. The van der Waals surface area contributed by atoms with E-state index in [4.69, 9.17) is 0 Å². The van der Waals surface area contributed by atoms with Gasteiger partial charge in [-0.25, -0.2) is 14.4 Å². The molecule has 14 heteroatoms. The van der Waals surface area contributed by atoms with Gasteiger partial charge in [0, 0.05) is 31.4 Å². The average Bonchev–Trinajstić information content (AvgIpc) is 3.25. The molecule has 0 spiro atoms. The summed E-state index contributed by atoms with van der Waals surface area (Å²) >= 11 is 1.04. The van der Waals surface area contributed by atoms with Crippen LogP contribution in [-0.2, 0) is 0 Å². The molecule has 3 N–H and O–H groups in total. The molecule has 0 saturated carbocycles. The summed E-state index contributed by atoms with van der Waals surface area (Å²) in [6.45, 7) is 4.20. The number of alkyl halides is 3. The van der Waals surface area contributed by atoms with Gasteiger partial charge >= 0.3 is 6.18 Å². The molecule has 3 aromatic rings. The number of nitrogens with one attached hydrogen (secondary N) is 3. The highest BCUT2D eigenvalue weighted by atomic mass is 32.1. The lowest BCUT2D eigenvalue weighted by atomic mass is 10.0. The number of piperidine rings is 1. The first-order valence-corrected chi connectivity index (χ1v) is 13.0. The van der Waals surface area contributed by atoms with Crippen LogP contribution < -0.4 is 16.0 Å². The predicted octanol–water partition coefficient (Wildman–Crippen LogP) is 4.83. The summed E-state index contributed by atoms with van der Waals surface area (Å²) in [4.78, 5) is 35.6. The van der Waals surface area contributed by atoms with Crippen LogP contribution in [0.1, 0.15) is 51.4 Å². The van der Waals surface area contributed by atoms with Gasteiger partial charge < -0.3 is 20.9 Å². The minimum absolute atomic E-state index is 0.0444. The molecule has 0 radical (unpaired) electrons. The number of carbonyl (C=O) groups excluding carboxylic acids is 2. The van der Waals surface area contributed by atoms with Gasteiger partial charge in [0.05, 0.1) is 30.1 Å². The Bertz CT molecular complexity index is 1320. The molecular formula is C25H27F4N7O2S. The van der Waals surface area contributed by atoms with E-state index in [1.807, 2.05) is 0 Å². The first-order chi connectivity index (χ1) is 18.5. The van der Waals surface area contributed by atoms with Crippen molar-refractivity contribution in [3.05, 3.63) is 58.9 Å². The number of likely N-dealkylation sites (tertiary alicyclic amines) is 1. The average molecular weight is 566 g/mol. The van der Waals surface area contributed by atoms with Gasteiger partial charge in [-0.15, -0.1) is 0 Å². The summed E-state index contributed by atoms with van der Waals surface area (Å²) in [5.41, 5.74) is 1.60. The summed E-state index contributed by atoms with van der Waals surface area (Å²) in [5, 5.41) is 8.91. The Hall–Kier alpha value is -3.65. The topological polar surface area (TPSA) is 112 Å². The van der Waals surface area contributed by atoms with E-state index in [2.05, 4.69) is 30.3 Å². The van der Waals surface area contributed by atoms with Crippen molar-refractivity contribution in [2.45, 2.75) is 45.3 Å². The fourth-order valence-electron chi connectivity index (χ4n) is 4.06. The number of halogens is 4. The van der Waals surface area contributed by atoms with E-state index in [0.717, 1.165) is 11.5 Å². The standard InChI is InChI=1S/C25H27F4N7O2S/c1-14-3-4-17(11-18(14)26)33-23(38)21-15(2)35-39-24(21)34-20-13-30-19(12-31-20)22(37)32-16-5-8-36(9-6-16)10-7-25(27,28)29/h3-4,11-13,16H,5-10H2,1-2H3,(H,31,34)(H,32,37)(H,33,38). The summed E-state index contributed by atoms with van der Waals surface area (Å²) < 4.78 is 55.4. The molecule has 0 atom stereocenters. The minimum atomic E-state index is -4.18. The van der Waals surface area contributed by atoms with Crippen LogP contribution in [0.25, 0.3) is 0 Å². The van der Waals surface area contributed by atoms with Gasteiger partial charge in [0.1, 0.15) is 22.3 Å². The van der Waals surface area contributed by atoms with Gasteiger partial charge in [-0.3, -0.25) is 9.59 Å². The van der Waals surface area contributed by atoms with Crippen LogP contribution in [0.15, 0.2) is 30.6 Å². The smallest absolute Gasteiger partial charge is 0.348 e. The highest BCUT2D eigenvalue weighted by molar-refractivity contribution is 7.10. The lowest BCUT2D eigenvalue weighted by Crippen LogP contribution is -2.45. The van der Waals surface area contributed by atoms with Crippen LogP contribution in [-0.4, -0.2) is 62.9 Å². The maximum atomic E-state index is 13.9. The van der Waals surface area contributed by atoms with E-state index in [1.165, 1.54) is 18.5 Å². The van der Waals surface area contributed by atoms with Gasteiger partial charge in [0.2, 0.25) is 0 Å². The number of aryl methyl sites for hydroxylation is 2. The van der Waals surface area contributed by atoms with E-state index < -0.39 is 30.2 Å². The van der Waals surface area contributed by atoms with Crippen molar-refractivity contribution in [3.63, 3.8) is 0 Å². The molecule has 0 bridgehead atoms. The fourth-order valence-corrected chi connectivity index (χ4v) is 4.86. The molecule has 3 heterocycles. The zero-order valence-electron chi connectivity index (χ0n) is 21.2. The largest absolute Gasteiger partial charge is 0.390 e. The van der Waals surface area contributed by atoms with E-state index in [9.17, 15) is 27.2 Å². The Morgan fingerprint density at radius 1 is 1.10 bits per heavy atom. The zero-order valence-corrected chi connectivity index (χ0v) is 22.0. The molecule has 4 rings (SSSR count). The van der Waals surface area contributed by atoms with Gasteiger partial charge in [-0.1, -0.05) is 6.07 Å². The van der Waals surface area contributed by atoms with Crippen LogP contribution in [0.5, 0.6) is 0 Å². The second-order valence-corrected chi connectivity index (χ2v) is 10.0. The molecule has 1 aliphatic heterocycles. The van der Waals surface area contributed by atoms with Crippen molar-refractivity contribution >= 4 is 39.9 Å². The number of hydrogen-bond donors (Lipinski definition) is 3. The van der Waals surface area contributed by atoms with Crippen molar-refractivity contribution in [1.82, 2.24) is 24.6 Å². The van der Waals surface area contributed by atoms with Crippen LogP contribution in [0.2, 0.25) is 0 Å². The van der Waals surface area contributed by atoms with E-state index >= 15 is 0 Å². The molecule has 0 unspecified atom stereocenters. The quantitative estimate of drug-likeness (QED) is 0.336. The van der Waals surface area contributed by atoms with Crippen molar-refractivity contribution in [2.75, 3.05) is 30.3 Å². The van der Waals surface area contributed by atoms with Crippen LogP contribution >= 0.6 is 11.5 Å². The Labute approximate surface area is 226 Å². The highest BCUT2D eigenvalue weighted by Gasteiger charge is 2.29. The lowest BCUT2D eigenvalue weighted by Gasteiger charge is -2.32. The number of amides is 2. The Morgan fingerprint density at radius 3 is 2.49 bits per heavy atom. The second kappa shape index (κ2) is 12.0. The maximum Gasteiger partial charge on any atom is 0.390 e. The number of benzene rings is 1. The highest BCUT2D eigenvalue weighted by Crippen LogP contribution is 2.28. The molecule has 1 aliphatic rings. The van der Waals surface area contributed by atoms with E-state index in [-0.39, 0.29) is 29.7 Å². The number of anilines is 3. The third kappa shape index (κ3) is 7.69. The van der Waals surface area contributed by atoms with E-state index in [1.54, 1.807) is 30.9 Å². The zero-order chi connectivity index (χ0) is 28.2. The molecule has 0 aliphatic carbocycles. The predicted molar refractivity (Wildman–Crippen MR) is 139 cm³/mol. The fraction of sp³-hybridized carbons (Fsp3) is 0.400. The number of nitrogens with zero attached hydrogens (tertiary/aromatic N) is 4. The van der Waals surface area contributed by atoms with Crippen LogP contribution in [0.4, 0.5) is 34.1 Å². The number of hydrogen-bond acceptors (Lipinski definition) is 8. The first-order valence-electron chi connectivity index (χ1n) is 12.2. The van der Waals surface area contributed by atoms with Crippen molar-refractivity contribution in [3.8, 4) is 0 Å². The molecular weight excluding hydrogens is 538 g/mol. The van der Waals surface area contributed by atoms with Crippen LogP contribution in [0.3, 0.4) is 0 Å². The van der Waals surface area contributed by atoms with Gasteiger partial charge in [0.15, 0.2) is 0 Å². The molecule has 2 amide bonds. The molecule has 1 saturated heterocycles. The monoisotopic (exact) mass is 565 g/mol. The summed E-state index contributed by atoms with van der Waals surface area (Å²) in [6, 6.07) is 4.24. The maximum absolute atomic E-state index is 13.9. The number of carbonyl (C=O) groups is 2. The Balaban J connectivity index is 1.32. The third-order valence-electron chi connectivity index (χ3n) is 6.28. The molecule has 1 aromatic carbocycles. The molecule has 1 fully saturated rings. The van der Waals surface area contributed by atoms with Gasteiger partial charge in [-0.2, -0.15) is 17.5 Å². The minimum Gasteiger partial charge on any atom is -0.348 e. The molecule has 208 valence electrons. The molecule has 9 nitrogen and oxygen atoms in total. The third-order valence-corrected chi connectivity index (χ3v) is 7.13. The normalized spacial score (nSPS) is 14.7. The second-order valence-electron chi connectivity index (χ2n) is 9.26. The van der Waals surface area contributed by atoms with Crippen LogP contribution in [0, 0.1) is 19.7 Å².